The van der Waals surface area contributed by atoms with Crippen molar-refractivity contribution < 1.29 is 67.4 Å². The van der Waals surface area contributed by atoms with Crippen LogP contribution < -0.4 is 0 Å². The van der Waals surface area contributed by atoms with Gasteiger partial charge in [-0.05, 0) is 76.5 Å². The van der Waals surface area contributed by atoms with Crippen molar-refractivity contribution in [3.8, 4) is 0 Å². The largest absolute Gasteiger partial charge is 0.461 e. The number of ether oxygens (including phenoxy) is 2. The molecule has 232 valence electrons. The Balaban J connectivity index is 1.91. The van der Waals surface area contributed by atoms with Gasteiger partial charge in [0.2, 0.25) is 0 Å². The van der Waals surface area contributed by atoms with E-state index in [1.807, 2.05) is 0 Å². The third-order valence-electron chi connectivity index (χ3n) is 8.74. The smallest absolute Gasteiger partial charge is 0.438 e. The van der Waals surface area contributed by atoms with Crippen molar-refractivity contribution >= 4 is 11.9 Å². The summed E-state index contributed by atoms with van der Waals surface area (Å²) in [5.74, 6) is -15.6. The van der Waals surface area contributed by atoms with E-state index in [2.05, 4.69) is 0 Å². The van der Waals surface area contributed by atoms with Crippen LogP contribution in [0.25, 0.3) is 0 Å². The Morgan fingerprint density at radius 1 is 0.800 bits per heavy atom. The maximum Gasteiger partial charge on any atom is 0.438 e. The topological polar surface area (TPSA) is 52.6 Å². The maximum atomic E-state index is 14.7. The second kappa shape index (κ2) is 10.2. The summed E-state index contributed by atoms with van der Waals surface area (Å²) in [5.41, 5.74) is -10.1. The molecule has 0 radical (unpaired) electrons. The van der Waals surface area contributed by atoms with E-state index in [4.69, 9.17) is 9.47 Å². The lowest BCUT2D eigenvalue weighted by molar-refractivity contribution is -0.428. The highest BCUT2D eigenvalue weighted by atomic mass is 19.4. The van der Waals surface area contributed by atoms with Gasteiger partial charge in [-0.25, -0.2) is 4.39 Å². The number of carbonyl (C=O) groups is 2. The standard InChI is InChI=1S/C25H31F11O4/c1-4-19(2,3)17(37)39-12-16(40-18(38)20-8-13-5-14(9-20)7-15(6-13)10-20)11-21(26,27)23(29,30)22(28,24(31,32)33)25(34,35)36/h13-16H,4-12H2,1-3H3. The molecule has 0 aromatic carbocycles. The first-order chi connectivity index (χ1) is 17.9. The zero-order chi connectivity index (χ0) is 30.7. The van der Waals surface area contributed by atoms with E-state index in [-0.39, 0.29) is 43.4 Å². The van der Waals surface area contributed by atoms with Gasteiger partial charge in [-0.3, -0.25) is 9.59 Å². The van der Waals surface area contributed by atoms with Gasteiger partial charge >= 0.3 is 41.8 Å². The lowest BCUT2D eigenvalue weighted by Gasteiger charge is -2.55. The Morgan fingerprint density at radius 3 is 1.60 bits per heavy atom. The Kier molecular flexibility index (Phi) is 8.30. The minimum absolute atomic E-state index is 0.108. The predicted molar refractivity (Wildman–Crippen MR) is 116 cm³/mol. The van der Waals surface area contributed by atoms with Gasteiger partial charge in [0.05, 0.1) is 17.3 Å². The van der Waals surface area contributed by atoms with Gasteiger partial charge < -0.3 is 9.47 Å². The SMILES string of the molecule is CCC(C)(C)C(=O)OCC(CC(F)(F)C(F)(F)C(F)(C(F)(F)F)C(F)(F)F)OC(=O)C12CC3CC(CC(C3)C1)C2. The van der Waals surface area contributed by atoms with Gasteiger partial charge in [-0.1, -0.05) is 6.92 Å². The zero-order valence-corrected chi connectivity index (χ0v) is 22.0. The first-order valence-electron chi connectivity index (χ1n) is 12.9. The summed E-state index contributed by atoms with van der Waals surface area (Å²) in [6.07, 6.45) is -16.8. The van der Waals surface area contributed by atoms with Gasteiger partial charge in [0.25, 0.3) is 0 Å². The van der Waals surface area contributed by atoms with E-state index in [1.165, 1.54) is 20.8 Å². The average molecular weight is 604 g/mol. The van der Waals surface area contributed by atoms with E-state index < -0.39 is 71.8 Å². The first kappa shape index (κ1) is 32.7. The number of halogens is 11. The van der Waals surface area contributed by atoms with Crippen molar-refractivity contribution in [3.63, 3.8) is 0 Å². The Morgan fingerprint density at radius 2 is 1.23 bits per heavy atom. The fourth-order valence-corrected chi connectivity index (χ4v) is 6.46. The molecule has 0 aliphatic heterocycles. The van der Waals surface area contributed by atoms with E-state index in [0.29, 0.717) is 0 Å². The van der Waals surface area contributed by atoms with Crippen molar-refractivity contribution in [2.24, 2.45) is 28.6 Å². The maximum absolute atomic E-state index is 14.7. The Bertz CT molecular complexity index is 922. The van der Waals surface area contributed by atoms with Crippen molar-refractivity contribution in [3.05, 3.63) is 0 Å². The van der Waals surface area contributed by atoms with Crippen LogP contribution in [0.3, 0.4) is 0 Å². The summed E-state index contributed by atoms with van der Waals surface area (Å²) < 4.78 is 160. The molecular formula is C25H31F11O4. The molecule has 40 heavy (non-hydrogen) atoms. The second-order valence-electron chi connectivity index (χ2n) is 12.2. The van der Waals surface area contributed by atoms with E-state index >= 15 is 0 Å². The van der Waals surface area contributed by atoms with Gasteiger partial charge in [-0.15, -0.1) is 0 Å². The van der Waals surface area contributed by atoms with Crippen molar-refractivity contribution in [1.29, 1.82) is 0 Å². The summed E-state index contributed by atoms with van der Waals surface area (Å²) in [4.78, 5) is 25.6. The molecule has 4 nitrogen and oxygen atoms in total. The van der Waals surface area contributed by atoms with Crippen molar-refractivity contribution in [2.45, 2.75) is 108 Å². The number of hydrogen-bond donors (Lipinski definition) is 0. The molecule has 4 aliphatic carbocycles. The molecule has 15 heteroatoms. The number of esters is 2. The molecule has 4 aliphatic rings. The lowest BCUT2D eigenvalue weighted by atomic mass is 9.49. The molecule has 0 amide bonds. The van der Waals surface area contributed by atoms with Crippen LogP contribution in [-0.2, 0) is 19.1 Å². The fourth-order valence-electron chi connectivity index (χ4n) is 6.46. The fraction of sp³-hybridized carbons (Fsp3) is 0.920. The Labute approximate surface area is 223 Å². The van der Waals surface area contributed by atoms with Crippen LogP contribution in [0, 0.1) is 28.6 Å². The quantitative estimate of drug-likeness (QED) is 0.191. The first-order valence-corrected chi connectivity index (χ1v) is 12.9. The van der Waals surface area contributed by atoms with Crippen LogP contribution in [0.4, 0.5) is 48.3 Å². The van der Waals surface area contributed by atoms with Gasteiger partial charge in [0.1, 0.15) is 12.7 Å². The molecule has 0 N–H and O–H groups in total. The predicted octanol–water partition coefficient (Wildman–Crippen LogP) is 7.59. The number of hydrogen-bond acceptors (Lipinski definition) is 4. The molecule has 4 fully saturated rings. The van der Waals surface area contributed by atoms with E-state index in [9.17, 15) is 57.9 Å². The summed E-state index contributed by atoms with van der Waals surface area (Å²) in [6, 6.07) is 0. The molecule has 4 saturated carbocycles. The molecular weight excluding hydrogens is 573 g/mol. The zero-order valence-electron chi connectivity index (χ0n) is 22.0. The molecule has 0 spiro atoms. The molecule has 0 saturated heterocycles. The molecule has 0 heterocycles. The molecule has 4 rings (SSSR count). The van der Waals surface area contributed by atoms with Crippen LogP contribution in [0.2, 0.25) is 0 Å². The van der Waals surface area contributed by atoms with Crippen LogP contribution in [0.5, 0.6) is 0 Å². The lowest BCUT2D eigenvalue weighted by Crippen LogP contribution is -2.70. The summed E-state index contributed by atoms with van der Waals surface area (Å²) >= 11 is 0. The van der Waals surface area contributed by atoms with Gasteiger partial charge in [0, 0.05) is 0 Å². The van der Waals surface area contributed by atoms with Crippen LogP contribution in [0.1, 0.15) is 72.1 Å². The van der Waals surface area contributed by atoms with Crippen LogP contribution in [-0.4, -0.2) is 54.5 Å². The minimum Gasteiger partial charge on any atom is -0.461 e. The number of rotatable bonds is 10. The highest BCUT2D eigenvalue weighted by Gasteiger charge is 2.90. The van der Waals surface area contributed by atoms with Crippen molar-refractivity contribution in [1.82, 2.24) is 0 Å². The monoisotopic (exact) mass is 604 g/mol. The normalized spacial score (nSPS) is 28.4. The van der Waals surface area contributed by atoms with Gasteiger partial charge in [-0.2, -0.15) is 43.9 Å². The van der Waals surface area contributed by atoms with E-state index in [1.54, 1.807) is 0 Å². The van der Waals surface area contributed by atoms with Crippen LogP contribution in [0.15, 0.2) is 0 Å². The molecule has 0 aromatic heterocycles. The molecule has 0 aromatic rings. The number of alkyl halides is 11. The highest BCUT2D eigenvalue weighted by molar-refractivity contribution is 5.78. The molecule has 1 atom stereocenters. The summed E-state index contributed by atoms with van der Waals surface area (Å²) in [7, 11) is 0. The third kappa shape index (κ3) is 5.50. The van der Waals surface area contributed by atoms with Crippen LogP contribution >= 0.6 is 0 Å². The second-order valence-corrected chi connectivity index (χ2v) is 12.2. The third-order valence-corrected chi connectivity index (χ3v) is 8.74. The summed E-state index contributed by atoms with van der Waals surface area (Å²) in [6.45, 7) is 2.89. The highest BCUT2D eigenvalue weighted by Crippen LogP contribution is 2.62. The van der Waals surface area contributed by atoms with Crippen molar-refractivity contribution in [2.75, 3.05) is 6.61 Å². The minimum atomic E-state index is -7.63. The molecule has 1 unspecified atom stereocenters. The molecule has 4 bridgehead atoms. The Hall–Kier alpha value is -1.83. The van der Waals surface area contributed by atoms with E-state index in [0.717, 1.165) is 19.3 Å². The van der Waals surface area contributed by atoms with Gasteiger partial charge in [0.15, 0.2) is 0 Å². The number of carbonyl (C=O) groups excluding carboxylic acids is 2. The average Bonchev–Trinajstić information content (AvgIpc) is 2.78. The summed E-state index contributed by atoms with van der Waals surface area (Å²) in [5, 5.41) is 0.